The molecule has 0 bridgehead atoms. The smallest absolute Gasteiger partial charge is 0.0358 e. The van der Waals surface area contributed by atoms with Gasteiger partial charge in [-0.3, -0.25) is 0 Å². The van der Waals surface area contributed by atoms with Crippen molar-refractivity contribution in [2.24, 2.45) is 0 Å². The molecule has 2 heteroatoms. The summed E-state index contributed by atoms with van der Waals surface area (Å²) in [6.07, 6.45) is 9.58. The van der Waals surface area contributed by atoms with Crippen molar-refractivity contribution < 1.29 is 0 Å². The first-order valence-electron chi connectivity index (χ1n) is 9.45. The molecule has 2 aliphatic heterocycles. The van der Waals surface area contributed by atoms with E-state index in [0.717, 1.165) is 39.0 Å². The molecule has 0 unspecified atom stereocenters. The monoisotopic (exact) mass is 320 g/mol. The van der Waals surface area contributed by atoms with Crippen molar-refractivity contribution in [3.63, 3.8) is 0 Å². The minimum Gasteiger partial charge on any atom is -0.333 e. The largest absolute Gasteiger partial charge is 0.333 e. The normalized spacial score (nSPS) is 17.5. The average molecular weight is 320 g/mol. The lowest BCUT2D eigenvalue weighted by Gasteiger charge is -2.22. The summed E-state index contributed by atoms with van der Waals surface area (Å²) in [6, 6.07) is 15.4. The van der Waals surface area contributed by atoms with E-state index in [1.807, 2.05) is 0 Å². The van der Waals surface area contributed by atoms with Gasteiger partial charge in [0.15, 0.2) is 0 Å². The van der Waals surface area contributed by atoms with E-state index in [2.05, 4.69) is 58.0 Å². The molecule has 1 aromatic carbocycles. The molecular formula is C22H28N2. The highest BCUT2D eigenvalue weighted by Crippen LogP contribution is 2.09. The highest BCUT2D eigenvalue weighted by Gasteiger charge is 2.05. The topological polar surface area (TPSA) is 6.48 Å². The molecule has 0 N–H and O–H groups in total. The van der Waals surface area contributed by atoms with E-state index >= 15 is 0 Å². The second kappa shape index (κ2) is 9.29. The van der Waals surface area contributed by atoms with Crippen LogP contribution in [0.5, 0.6) is 0 Å². The predicted molar refractivity (Wildman–Crippen MR) is 100 cm³/mol. The van der Waals surface area contributed by atoms with Crippen molar-refractivity contribution >= 4 is 0 Å². The van der Waals surface area contributed by atoms with Crippen LogP contribution in [0.25, 0.3) is 0 Å². The summed E-state index contributed by atoms with van der Waals surface area (Å²) in [6.45, 7) is 4.56. The molecule has 2 aliphatic rings. The maximum absolute atomic E-state index is 3.32. The Kier molecular flexibility index (Phi) is 6.50. The molecule has 2 nitrogen and oxygen atoms in total. The minimum absolute atomic E-state index is 0.843. The molecule has 0 atom stereocenters. The molecular weight excluding hydrogens is 292 g/mol. The first-order valence-corrected chi connectivity index (χ1v) is 9.45. The van der Waals surface area contributed by atoms with E-state index in [1.54, 1.807) is 0 Å². The Morgan fingerprint density at radius 2 is 0.958 bits per heavy atom. The van der Waals surface area contributed by atoms with Crippen molar-refractivity contribution in [2.45, 2.75) is 51.4 Å². The van der Waals surface area contributed by atoms with Crippen LogP contribution in [0, 0.1) is 23.9 Å². The van der Waals surface area contributed by atoms with Crippen molar-refractivity contribution in [3.8, 4) is 23.9 Å². The number of hydrogen-bond donors (Lipinski definition) is 0. The average Bonchev–Trinajstić information content (AvgIpc) is 2.65. The third-order valence-corrected chi connectivity index (χ3v) is 4.79. The van der Waals surface area contributed by atoms with Gasteiger partial charge >= 0.3 is 0 Å². The number of hydrogen-bond acceptors (Lipinski definition) is 2. The van der Waals surface area contributed by atoms with Crippen LogP contribution in [0.2, 0.25) is 0 Å². The first-order chi connectivity index (χ1) is 11.9. The van der Waals surface area contributed by atoms with Crippen LogP contribution < -0.4 is 0 Å². The van der Waals surface area contributed by atoms with E-state index in [9.17, 15) is 0 Å². The van der Waals surface area contributed by atoms with E-state index in [4.69, 9.17) is 0 Å². The quantitative estimate of drug-likeness (QED) is 0.767. The summed E-state index contributed by atoms with van der Waals surface area (Å²) in [5.74, 6) is 6.64. The molecule has 0 aromatic heterocycles. The van der Waals surface area contributed by atoms with Crippen molar-refractivity contribution in [3.05, 3.63) is 35.4 Å². The lowest BCUT2D eigenvalue weighted by Crippen LogP contribution is -2.24. The van der Waals surface area contributed by atoms with Crippen molar-refractivity contribution in [1.29, 1.82) is 0 Å². The Balaban J connectivity index is 1.45. The standard InChI is InChI=1S/C22H28N2/c1-3-15-23(16-4-1)19-7-9-21-11-13-22(14-12-21)10-8-20-24-17-5-2-6-18-24/h11-14H,1-6,9-10,15-18H2. The molecule has 0 amide bonds. The molecule has 126 valence electrons. The fraction of sp³-hybridized carbons (Fsp3) is 0.545. The zero-order chi connectivity index (χ0) is 16.5. The Hall–Kier alpha value is -2.06. The molecule has 3 rings (SSSR count). The molecule has 1 aromatic rings. The SMILES string of the molecule is C(#CN1CCCCC1)Cc1ccc(CC#CN2CCCCC2)cc1. The van der Waals surface area contributed by atoms with E-state index in [0.29, 0.717) is 0 Å². The van der Waals surface area contributed by atoms with Crippen molar-refractivity contribution in [2.75, 3.05) is 26.2 Å². The third kappa shape index (κ3) is 5.54. The van der Waals surface area contributed by atoms with Gasteiger partial charge in [0.25, 0.3) is 0 Å². The number of rotatable bonds is 2. The lowest BCUT2D eigenvalue weighted by atomic mass is 10.1. The van der Waals surface area contributed by atoms with Gasteiger partial charge in [0, 0.05) is 51.1 Å². The molecule has 2 fully saturated rings. The Bertz CT molecular complexity index is 555. The number of benzene rings is 1. The molecule has 0 aliphatic carbocycles. The molecule has 2 heterocycles. The van der Waals surface area contributed by atoms with E-state index < -0.39 is 0 Å². The molecule has 0 saturated carbocycles. The fourth-order valence-corrected chi connectivity index (χ4v) is 3.29. The van der Waals surface area contributed by atoms with Crippen molar-refractivity contribution in [1.82, 2.24) is 9.80 Å². The van der Waals surface area contributed by atoms with Crippen LogP contribution >= 0.6 is 0 Å². The molecule has 2 saturated heterocycles. The van der Waals surface area contributed by atoms with Gasteiger partial charge in [0.2, 0.25) is 0 Å². The molecule has 0 radical (unpaired) electrons. The van der Waals surface area contributed by atoms with Crippen LogP contribution in [0.1, 0.15) is 49.7 Å². The fourth-order valence-electron chi connectivity index (χ4n) is 3.29. The third-order valence-electron chi connectivity index (χ3n) is 4.79. The summed E-state index contributed by atoms with van der Waals surface area (Å²) in [7, 11) is 0. The van der Waals surface area contributed by atoms with Gasteiger partial charge in [-0.2, -0.15) is 0 Å². The first kappa shape index (κ1) is 16.8. The Morgan fingerprint density at radius 1 is 0.583 bits per heavy atom. The second-order valence-electron chi connectivity index (χ2n) is 6.84. The van der Waals surface area contributed by atoms with Crippen LogP contribution in [-0.4, -0.2) is 36.0 Å². The zero-order valence-corrected chi connectivity index (χ0v) is 14.7. The van der Waals surface area contributed by atoms with Gasteiger partial charge in [0.05, 0.1) is 0 Å². The second-order valence-corrected chi connectivity index (χ2v) is 6.84. The van der Waals surface area contributed by atoms with E-state index in [1.165, 1.54) is 49.7 Å². The zero-order valence-electron chi connectivity index (χ0n) is 14.7. The van der Waals surface area contributed by atoms with Gasteiger partial charge in [-0.1, -0.05) is 36.1 Å². The number of piperidine rings is 2. The van der Waals surface area contributed by atoms with Crippen LogP contribution in [-0.2, 0) is 12.8 Å². The van der Waals surface area contributed by atoms with Crippen LogP contribution in [0.15, 0.2) is 24.3 Å². The highest BCUT2D eigenvalue weighted by molar-refractivity contribution is 5.28. The van der Waals surface area contributed by atoms with E-state index in [-0.39, 0.29) is 0 Å². The highest BCUT2D eigenvalue weighted by atomic mass is 15.1. The number of nitrogens with zero attached hydrogens (tertiary/aromatic N) is 2. The summed E-state index contributed by atoms with van der Waals surface area (Å²) in [5.41, 5.74) is 2.60. The lowest BCUT2D eigenvalue weighted by molar-refractivity contribution is 0.326. The Morgan fingerprint density at radius 3 is 1.33 bits per heavy atom. The summed E-state index contributed by atoms with van der Waals surface area (Å²) in [4.78, 5) is 4.54. The predicted octanol–water partition coefficient (Wildman–Crippen LogP) is 3.67. The van der Waals surface area contributed by atoms with Gasteiger partial charge in [0.1, 0.15) is 0 Å². The summed E-state index contributed by atoms with van der Waals surface area (Å²) < 4.78 is 0. The molecule has 24 heavy (non-hydrogen) atoms. The van der Waals surface area contributed by atoms with Gasteiger partial charge in [-0.25, -0.2) is 0 Å². The maximum Gasteiger partial charge on any atom is 0.0358 e. The van der Waals surface area contributed by atoms with Gasteiger partial charge in [-0.05, 0) is 49.7 Å². The summed E-state index contributed by atoms with van der Waals surface area (Å²) >= 11 is 0. The summed E-state index contributed by atoms with van der Waals surface area (Å²) in [5, 5.41) is 0. The Labute approximate surface area is 147 Å². The van der Waals surface area contributed by atoms with Gasteiger partial charge < -0.3 is 9.80 Å². The minimum atomic E-state index is 0.843. The van der Waals surface area contributed by atoms with Gasteiger partial charge in [-0.15, -0.1) is 0 Å². The van der Waals surface area contributed by atoms with Crippen LogP contribution in [0.4, 0.5) is 0 Å². The maximum atomic E-state index is 3.32. The number of likely N-dealkylation sites (tertiary alicyclic amines) is 2. The molecule has 0 spiro atoms. The van der Waals surface area contributed by atoms with Crippen LogP contribution in [0.3, 0.4) is 0 Å².